The monoisotopic (exact) mass is 445 g/mol. The number of amides is 3. The fourth-order valence-corrected chi connectivity index (χ4v) is 6.89. The van der Waals surface area contributed by atoms with Gasteiger partial charge in [-0.3, -0.25) is 19.3 Å². The maximum Gasteiger partial charge on any atom is 0.234 e. The Balaban J connectivity index is 1.50. The lowest BCUT2D eigenvalue weighted by atomic mass is 9.51. The second kappa shape index (κ2) is 6.92. The zero-order valence-electron chi connectivity index (χ0n) is 20.0. The van der Waals surface area contributed by atoms with E-state index in [1.807, 2.05) is 45.0 Å². The molecular weight excluding hydrogens is 414 g/mol. The minimum absolute atomic E-state index is 0.136. The molecule has 6 nitrogen and oxygen atoms in total. The fraction of sp³-hybridized carbons (Fsp3) is 0.444. The van der Waals surface area contributed by atoms with E-state index in [1.165, 1.54) is 10.4 Å². The molecule has 3 aromatic rings. The van der Waals surface area contributed by atoms with Crippen LogP contribution >= 0.6 is 0 Å². The number of imide groups is 1. The lowest BCUT2D eigenvalue weighted by molar-refractivity contribution is -0.177. The van der Waals surface area contributed by atoms with Crippen LogP contribution in [0.5, 0.6) is 0 Å². The number of nitrogens with one attached hydrogen (secondary N) is 1. The summed E-state index contributed by atoms with van der Waals surface area (Å²) in [6, 6.07) is 14.3. The van der Waals surface area contributed by atoms with Crippen molar-refractivity contribution in [1.29, 1.82) is 0 Å². The van der Waals surface area contributed by atoms with Crippen LogP contribution < -0.4 is 5.32 Å². The van der Waals surface area contributed by atoms with Crippen LogP contribution in [0.25, 0.3) is 21.8 Å². The summed E-state index contributed by atoms with van der Waals surface area (Å²) in [5.41, 5.74) is 0.775. The van der Waals surface area contributed by atoms with Crippen molar-refractivity contribution in [3.05, 3.63) is 42.5 Å². The number of hydrogen-bond donors (Lipinski definition) is 1. The highest BCUT2D eigenvalue weighted by Gasteiger charge is 2.62. The number of hydrogen-bond acceptors (Lipinski definition) is 3. The molecule has 1 saturated heterocycles. The first kappa shape index (κ1) is 21.7. The average Bonchev–Trinajstić information content (AvgIpc) is 3.09. The number of likely N-dealkylation sites (tertiary alicyclic amines) is 1. The second-order valence-corrected chi connectivity index (χ2v) is 10.8. The minimum Gasteiger partial charge on any atom is -0.341 e. The molecule has 2 fully saturated rings. The van der Waals surface area contributed by atoms with Crippen LogP contribution in [0.2, 0.25) is 0 Å². The number of carbonyl (C=O) groups excluding carboxylic acids is 3. The molecule has 1 saturated carbocycles. The molecule has 33 heavy (non-hydrogen) atoms. The first-order valence-electron chi connectivity index (χ1n) is 11.7. The highest BCUT2D eigenvalue weighted by molar-refractivity contribution is 6.10. The van der Waals surface area contributed by atoms with Gasteiger partial charge >= 0.3 is 0 Å². The molecule has 1 aliphatic heterocycles. The fourth-order valence-electron chi connectivity index (χ4n) is 6.89. The third kappa shape index (κ3) is 3.03. The van der Waals surface area contributed by atoms with Crippen molar-refractivity contribution in [3.8, 4) is 0 Å². The molecule has 1 aliphatic carbocycles. The molecule has 2 atom stereocenters. The molecule has 6 heteroatoms. The van der Waals surface area contributed by atoms with Crippen LogP contribution in [0.15, 0.2) is 42.5 Å². The maximum absolute atomic E-state index is 13.6. The number of aryl methyl sites for hydroxylation is 1. The van der Waals surface area contributed by atoms with Gasteiger partial charge in [-0.05, 0) is 50.5 Å². The minimum atomic E-state index is -0.819. The van der Waals surface area contributed by atoms with Gasteiger partial charge in [-0.15, -0.1) is 0 Å². The summed E-state index contributed by atoms with van der Waals surface area (Å²) in [6.07, 6.45) is 1.35. The Morgan fingerprint density at radius 1 is 0.909 bits per heavy atom. The highest BCUT2D eigenvalue weighted by atomic mass is 16.2. The number of piperidine rings is 1. The molecular formula is C27H31N3O3. The van der Waals surface area contributed by atoms with Gasteiger partial charge in [0.2, 0.25) is 17.7 Å². The van der Waals surface area contributed by atoms with Gasteiger partial charge in [0.25, 0.3) is 0 Å². The van der Waals surface area contributed by atoms with E-state index < -0.39 is 16.2 Å². The maximum atomic E-state index is 13.6. The molecule has 0 radical (unpaired) electrons. The Kier molecular flexibility index (Phi) is 4.55. The van der Waals surface area contributed by atoms with Crippen LogP contribution in [0.4, 0.5) is 5.69 Å². The summed E-state index contributed by atoms with van der Waals surface area (Å²) in [7, 11) is 1.56. The smallest absolute Gasteiger partial charge is 0.234 e. The van der Waals surface area contributed by atoms with Crippen molar-refractivity contribution in [2.45, 2.75) is 53.5 Å². The number of nitrogens with zero attached hydrogens (tertiary/aromatic N) is 2. The van der Waals surface area contributed by atoms with E-state index in [1.54, 1.807) is 7.05 Å². The van der Waals surface area contributed by atoms with Gasteiger partial charge in [0.05, 0.1) is 0 Å². The number of carbonyl (C=O) groups is 3. The van der Waals surface area contributed by atoms with Crippen molar-refractivity contribution in [3.63, 3.8) is 0 Å². The van der Waals surface area contributed by atoms with Gasteiger partial charge < -0.3 is 9.88 Å². The predicted molar refractivity (Wildman–Crippen MR) is 130 cm³/mol. The number of aromatic nitrogens is 1. The van der Waals surface area contributed by atoms with Crippen molar-refractivity contribution < 1.29 is 14.4 Å². The van der Waals surface area contributed by atoms with E-state index in [-0.39, 0.29) is 17.7 Å². The van der Waals surface area contributed by atoms with Gasteiger partial charge in [0.1, 0.15) is 0 Å². The molecule has 0 spiro atoms. The third-order valence-corrected chi connectivity index (χ3v) is 7.88. The number of anilines is 1. The average molecular weight is 446 g/mol. The molecule has 5 rings (SSSR count). The van der Waals surface area contributed by atoms with Crippen molar-refractivity contribution in [2.24, 2.45) is 16.2 Å². The summed E-state index contributed by atoms with van der Waals surface area (Å²) in [5, 5.41) is 5.37. The molecule has 1 N–H and O–H groups in total. The van der Waals surface area contributed by atoms with Gasteiger partial charge in [0.15, 0.2) is 0 Å². The number of para-hydroxylation sites is 1. The summed E-state index contributed by atoms with van der Waals surface area (Å²) >= 11 is 0. The third-order valence-electron chi connectivity index (χ3n) is 7.88. The van der Waals surface area contributed by atoms with Gasteiger partial charge in [-0.1, -0.05) is 39.0 Å². The number of fused-ring (bicyclic) bond motifs is 5. The summed E-state index contributed by atoms with van der Waals surface area (Å²) in [6.45, 7) is 8.68. The Hall–Kier alpha value is -3.15. The second-order valence-electron chi connectivity index (χ2n) is 10.8. The van der Waals surface area contributed by atoms with Crippen molar-refractivity contribution >= 4 is 45.2 Å². The van der Waals surface area contributed by atoms with Crippen LogP contribution in [-0.2, 0) is 20.9 Å². The molecule has 172 valence electrons. The number of benzene rings is 2. The van der Waals surface area contributed by atoms with Gasteiger partial charge in [0, 0.05) is 57.3 Å². The molecule has 2 aliphatic rings. The quantitative estimate of drug-likeness (QED) is 0.580. The van der Waals surface area contributed by atoms with E-state index in [0.29, 0.717) is 19.3 Å². The van der Waals surface area contributed by atoms with Crippen molar-refractivity contribution in [1.82, 2.24) is 9.47 Å². The Morgan fingerprint density at radius 3 is 2.15 bits per heavy atom. The van der Waals surface area contributed by atoms with Gasteiger partial charge in [-0.2, -0.15) is 0 Å². The van der Waals surface area contributed by atoms with E-state index in [9.17, 15) is 14.4 Å². The first-order chi connectivity index (χ1) is 15.5. The van der Waals surface area contributed by atoms with Crippen molar-refractivity contribution in [2.75, 3.05) is 12.4 Å². The molecule has 2 heterocycles. The predicted octanol–water partition coefficient (Wildman–Crippen LogP) is 4.95. The topological polar surface area (TPSA) is 71.4 Å². The molecule has 2 bridgehead atoms. The zero-order valence-corrected chi connectivity index (χ0v) is 20.0. The van der Waals surface area contributed by atoms with Gasteiger partial charge in [-0.25, -0.2) is 0 Å². The first-order valence-corrected chi connectivity index (χ1v) is 11.7. The van der Waals surface area contributed by atoms with Crippen LogP contribution in [0, 0.1) is 16.2 Å². The lowest BCUT2D eigenvalue weighted by Crippen LogP contribution is -2.63. The summed E-state index contributed by atoms with van der Waals surface area (Å²) < 4.78 is 2.27. The van der Waals surface area contributed by atoms with E-state index in [0.717, 1.165) is 28.5 Å². The Bertz CT molecular complexity index is 1310. The number of rotatable bonds is 3. The SMILES string of the molecule is CCn1c2ccccc2c2cc(NC(=O)C3(C)CC4(C)CC(C)(C3)C(=O)N(C)C4=O)ccc21. The standard InChI is InChI=1S/C27H31N3O3/c1-6-30-20-10-8-7-9-18(20)19-13-17(11-12-21(19)30)28-22(31)25(2)14-26(3)16-27(4,15-25)24(33)29(5)23(26)32/h7-13H,6,14-16H2,1-5H3,(H,28,31). The largest absolute Gasteiger partial charge is 0.341 e. The zero-order chi connectivity index (χ0) is 23.8. The lowest BCUT2D eigenvalue weighted by Gasteiger charge is -2.55. The van der Waals surface area contributed by atoms with E-state index >= 15 is 0 Å². The van der Waals surface area contributed by atoms with Crippen LogP contribution in [0.3, 0.4) is 0 Å². The Labute approximate surface area is 193 Å². The van der Waals surface area contributed by atoms with E-state index in [2.05, 4.69) is 35.0 Å². The summed E-state index contributed by atoms with van der Waals surface area (Å²) in [4.78, 5) is 40.8. The molecule has 1 aromatic heterocycles. The Morgan fingerprint density at radius 2 is 1.52 bits per heavy atom. The molecule has 2 aromatic carbocycles. The van der Waals surface area contributed by atoms with E-state index in [4.69, 9.17) is 0 Å². The molecule has 3 amide bonds. The van der Waals surface area contributed by atoms with Crippen LogP contribution in [0.1, 0.15) is 47.0 Å². The summed E-state index contributed by atoms with van der Waals surface area (Å²) in [5.74, 6) is -0.502. The highest BCUT2D eigenvalue weighted by Crippen LogP contribution is 2.58. The molecule has 2 unspecified atom stereocenters. The normalized spacial score (nSPS) is 29.7. The van der Waals surface area contributed by atoms with Crippen LogP contribution in [-0.4, -0.2) is 34.2 Å².